The molecule has 14 heavy (non-hydrogen) atoms. The lowest BCUT2D eigenvalue weighted by Gasteiger charge is -2.16. The Balaban J connectivity index is 0.000000128. The number of methoxy groups -OCH3 is 2. The first kappa shape index (κ1) is 10.4. The molecule has 1 aliphatic carbocycles. The number of ether oxygens (including phenoxy) is 4. The Morgan fingerprint density at radius 2 is 1.86 bits per heavy atom. The van der Waals surface area contributed by atoms with Crippen LogP contribution in [-0.4, -0.2) is 45.4 Å². The van der Waals surface area contributed by atoms with Crippen molar-refractivity contribution in [2.75, 3.05) is 20.8 Å². The molecule has 0 amide bonds. The van der Waals surface area contributed by atoms with E-state index in [0.717, 1.165) is 13.0 Å². The van der Waals surface area contributed by atoms with Gasteiger partial charge in [0, 0.05) is 20.6 Å². The molecule has 0 aromatic heterocycles. The first-order valence-electron chi connectivity index (χ1n) is 5.16. The van der Waals surface area contributed by atoms with Crippen LogP contribution in [0.1, 0.15) is 19.3 Å². The summed E-state index contributed by atoms with van der Waals surface area (Å²) < 4.78 is 19.8. The third-order valence-electron chi connectivity index (χ3n) is 2.85. The molecular formula is C10H18O4. The molecule has 4 unspecified atom stereocenters. The van der Waals surface area contributed by atoms with E-state index in [1.165, 1.54) is 12.8 Å². The van der Waals surface area contributed by atoms with Crippen LogP contribution in [0.5, 0.6) is 0 Å². The van der Waals surface area contributed by atoms with E-state index < -0.39 is 0 Å². The minimum Gasteiger partial charge on any atom is -0.381 e. The van der Waals surface area contributed by atoms with Crippen molar-refractivity contribution in [3.63, 3.8) is 0 Å². The van der Waals surface area contributed by atoms with Crippen LogP contribution < -0.4 is 0 Å². The van der Waals surface area contributed by atoms with Crippen molar-refractivity contribution < 1.29 is 18.9 Å². The molecule has 4 heteroatoms. The maximum Gasteiger partial charge on any atom is 0.180 e. The molecule has 4 atom stereocenters. The number of fused-ring (bicyclic) bond motifs is 1. The van der Waals surface area contributed by atoms with E-state index in [2.05, 4.69) is 9.47 Å². The Hall–Kier alpha value is -0.160. The van der Waals surface area contributed by atoms with E-state index in [1.807, 2.05) is 0 Å². The normalized spacial score (nSPS) is 43.3. The topological polar surface area (TPSA) is 43.5 Å². The van der Waals surface area contributed by atoms with Crippen LogP contribution in [0.4, 0.5) is 0 Å². The van der Waals surface area contributed by atoms with Crippen molar-refractivity contribution in [2.45, 2.75) is 43.9 Å². The standard InChI is InChI=1S/C7H12O2.C3H6O2/c1-8-5-2-3-6-7(4-5)9-6;1-4-3-2-5-3/h5-7H,2-4H2,1H3;3H,2H2,1H3. The van der Waals surface area contributed by atoms with Crippen LogP contribution in [0.25, 0.3) is 0 Å². The lowest BCUT2D eigenvalue weighted by atomic mass is 9.98. The first-order valence-corrected chi connectivity index (χ1v) is 5.16. The van der Waals surface area contributed by atoms with Gasteiger partial charge in [0.1, 0.15) is 6.61 Å². The molecule has 2 saturated heterocycles. The van der Waals surface area contributed by atoms with Crippen molar-refractivity contribution in [1.82, 2.24) is 0 Å². The molecule has 2 aliphatic heterocycles. The molecule has 4 nitrogen and oxygen atoms in total. The molecule has 3 aliphatic rings. The minimum absolute atomic E-state index is 0.134. The van der Waals surface area contributed by atoms with Crippen molar-refractivity contribution in [2.24, 2.45) is 0 Å². The molecule has 3 fully saturated rings. The Morgan fingerprint density at radius 1 is 1.07 bits per heavy atom. The quantitative estimate of drug-likeness (QED) is 0.625. The lowest BCUT2D eigenvalue weighted by molar-refractivity contribution is 0.0770. The molecule has 3 rings (SSSR count). The van der Waals surface area contributed by atoms with Crippen molar-refractivity contribution in [1.29, 1.82) is 0 Å². The highest BCUT2D eigenvalue weighted by Gasteiger charge is 2.43. The van der Waals surface area contributed by atoms with Gasteiger partial charge in [-0.05, 0) is 12.8 Å². The summed E-state index contributed by atoms with van der Waals surface area (Å²) in [6.07, 6.45) is 5.31. The lowest BCUT2D eigenvalue weighted by Crippen LogP contribution is -2.19. The van der Waals surface area contributed by atoms with E-state index in [1.54, 1.807) is 14.2 Å². The van der Waals surface area contributed by atoms with Gasteiger partial charge in [0.2, 0.25) is 0 Å². The summed E-state index contributed by atoms with van der Waals surface area (Å²) in [4.78, 5) is 0. The van der Waals surface area contributed by atoms with Crippen molar-refractivity contribution >= 4 is 0 Å². The number of hydrogen-bond donors (Lipinski definition) is 0. The summed E-state index contributed by atoms with van der Waals surface area (Å²) in [6, 6.07) is 0. The van der Waals surface area contributed by atoms with Gasteiger partial charge < -0.3 is 18.9 Å². The molecule has 0 radical (unpaired) electrons. The Labute approximate surface area is 84.5 Å². The Bertz CT molecular complexity index is 181. The molecule has 0 aromatic rings. The van der Waals surface area contributed by atoms with Gasteiger partial charge in [-0.1, -0.05) is 0 Å². The fraction of sp³-hybridized carbons (Fsp3) is 1.00. The van der Waals surface area contributed by atoms with E-state index in [-0.39, 0.29) is 6.29 Å². The molecule has 0 spiro atoms. The van der Waals surface area contributed by atoms with Crippen LogP contribution in [0.2, 0.25) is 0 Å². The van der Waals surface area contributed by atoms with Crippen LogP contribution in [0.3, 0.4) is 0 Å². The van der Waals surface area contributed by atoms with Gasteiger partial charge in [0.05, 0.1) is 18.3 Å². The predicted molar refractivity (Wildman–Crippen MR) is 50.1 cm³/mol. The first-order chi connectivity index (χ1) is 6.83. The third-order valence-corrected chi connectivity index (χ3v) is 2.85. The zero-order valence-corrected chi connectivity index (χ0v) is 8.77. The smallest absolute Gasteiger partial charge is 0.180 e. The molecule has 0 bridgehead atoms. The summed E-state index contributed by atoms with van der Waals surface area (Å²) in [6.45, 7) is 0.788. The number of rotatable bonds is 2. The highest BCUT2D eigenvalue weighted by molar-refractivity contribution is 4.92. The van der Waals surface area contributed by atoms with Gasteiger partial charge in [-0.15, -0.1) is 0 Å². The fourth-order valence-electron chi connectivity index (χ4n) is 1.76. The Morgan fingerprint density at radius 3 is 2.29 bits per heavy atom. The summed E-state index contributed by atoms with van der Waals surface area (Å²) in [5.74, 6) is 0. The highest BCUT2D eigenvalue weighted by atomic mass is 16.8. The van der Waals surface area contributed by atoms with Crippen LogP contribution >= 0.6 is 0 Å². The maximum atomic E-state index is 5.33. The maximum absolute atomic E-state index is 5.33. The monoisotopic (exact) mass is 202 g/mol. The number of epoxide rings is 2. The van der Waals surface area contributed by atoms with Gasteiger partial charge in [0.15, 0.2) is 6.29 Å². The van der Waals surface area contributed by atoms with E-state index in [0.29, 0.717) is 18.3 Å². The van der Waals surface area contributed by atoms with E-state index >= 15 is 0 Å². The zero-order chi connectivity index (χ0) is 9.97. The molecule has 0 aromatic carbocycles. The summed E-state index contributed by atoms with van der Waals surface area (Å²) in [7, 11) is 3.42. The average molecular weight is 202 g/mol. The number of hydrogen-bond acceptors (Lipinski definition) is 4. The van der Waals surface area contributed by atoms with Gasteiger partial charge in [-0.2, -0.15) is 0 Å². The van der Waals surface area contributed by atoms with Crippen LogP contribution in [-0.2, 0) is 18.9 Å². The van der Waals surface area contributed by atoms with Gasteiger partial charge in [0.25, 0.3) is 0 Å². The minimum atomic E-state index is 0.134. The van der Waals surface area contributed by atoms with Crippen molar-refractivity contribution in [3.8, 4) is 0 Å². The van der Waals surface area contributed by atoms with Crippen molar-refractivity contribution in [3.05, 3.63) is 0 Å². The molecule has 0 N–H and O–H groups in total. The second kappa shape index (κ2) is 4.57. The van der Waals surface area contributed by atoms with Crippen LogP contribution in [0.15, 0.2) is 0 Å². The molecule has 1 saturated carbocycles. The second-order valence-electron chi connectivity index (χ2n) is 3.88. The molecule has 82 valence electrons. The summed E-state index contributed by atoms with van der Waals surface area (Å²) in [5.41, 5.74) is 0. The fourth-order valence-corrected chi connectivity index (χ4v) is 1.76. The van der Waals surface area contributed by atoms with Gasteiger partial charge >= 0.3 is 0 Å². The zero-order valence-electron chi connectivity index (χ0n) is 8.77. The van der Waals surface area contributed by atoms with E-state index in [9.17, 15) is 0 Å². The summed E-state index contributed by atoms with van der Waals surface area (Å²) in [5, 5.41) is 0. The third kappa shape index (κ3) is 2.92. The largest absolute Gasteiger partial charge is 0.381 e. The highest BCUT2D eigenvalue weighted by Crippen LogP contribution is 2.37. The summed E-state index contributed by atoms with van der Waals surface area (Å²) >= 11 is 0. The molecular weight excluding hydrogens is 184 g/mol. The van der Waals surface area contributed by atoms with Gasteiger partial charge in [-0.3, -0.25) is 0 Å². The predicted octanol–water partition coefficient (Wildman–Crippen LogP) is 0.942. The van der Waals surface area contributed by atoms with Crippen LogP contribution in [0, 0.1) is 0 Å². The Kier molecular flexibility index (Phi) is 3.38. The second-order valence-corrected chi connectivity index (χ2v) is 3.88. The van der Waals surface area contributed by atoms with E-state index in [4.69, 9.17) is 9.47 Å². The average Bonchev–Trinajstić information content (AvgIpc) is 3.10. The molecule has 2 heterocycles. The SMILES string of the molecule is COC1CCC2OC2C1.COC1CO1. The van der Waals surface area contributed by atoms with Gasteiger partial charge in [-0.25, -0.2) is 0 Å².